The van der Waals surface area contributed by atoms with E-state index in [1.54, 1.807) is 0 Å². The maximum atomic E-state index is 6.18. The second kappa shape index (κ2) is 9.71. The molecule has 0 spiro atoms. The third kappa shape index (κ3) is 3.84. The molecular formula is C42H24BrNO2. The van der Waals surface area contributed by atoms with Gasteiger partial charge in [0.05, 0.1) is 11.0 Å². The van der Waals surface area contributed by atoms with Crippen molar-refractivity contribution < 1.29 is 8.83 Å². The monoisotopic (exact) mass is 653 g/mol. The first-order valence-corrected chi connectivity index (χ1v) is 16.1. The zero-order valence-electron chi connectivity index (χ0n) is 24.5. The predicted octanol–water partition coefficient (Wildman–Crippen LogP) is 12.7. The standard InChI is InChI=1S/C42H24BrNO2/c43-29-15-16-38-34(24-29)31-7-1-4-10-37(31)44(38)30-20-27(25-13-17-41-35(22-25)32-8-2-5-11-39(32)45-41)19-28(21-30)26-14-18-42-36(23-26)33-9-3-6-12-40(33)46-42/h1-24H. The molecule has 0 saturated carbocycles. The number of benzene rings is 7. The largest absolute Gasteiger partial charge is 0.456 e. The van der Waals surface area contributed by atoms with E-state index in [1.807, 2.05) is 24.3 Å². The van der Waals surface area contributed by atoms with Crippen LogP contribution in [0.4, 0.5) is 0 Å². The molecular weight excluding hydrogens is 630 g/mol. The van der Waals surface area contributed by atoms with Crippen LogP contribution in [0.5, 0.6) is 0 Å². The first kappa shape index (κ1) is 25.7. The molecule has 0 bridgehead atoms. The highest BCUT2D eigenvalue weighted by Crippen LogP contribution is 2.40. The molecule has 3 heterocycles. The van der Waals surface area contributed by atoms with Gasteiger partial charge in [-0.1, -0.05) is 82.7 Å². The Morgan fingerprint density at radius 2 is 0.891 bits per heavy atom. The molecule has 0 aliphatic rings. The van der Waals surface area contributed by atoms with E-state index < -0.39 is 0 Å². The topological polar surface area (TPSA) is 31.2 Å². The molecule has 0 amide bonds. The minimum absolute atomic E-state index is 0.895. The van der Waals surface area contributed by atoms with Crippen LogP contribution in [-0.2, 0) is 0 Å². The molecule has 7 aromatic carbocycles. The van der Waals surface area contributed by atoms with Crippen LogP contribution in [0.2, 0.25) is 0 Å². The molecule has 10 rings (SSSR count). The zero-order valence-corrected chi connectivity index (χ0v) is 26.1. The van der Waals surface area contributed by atoms with Crippen molar-refractivity contribution in [2.75, 3.05) is 0 Å². The third-order valence-electron chi connectivity index (χ3n) is 9.23. The molecule has 0 aliphatic heterocycles. The summed E-state index contributed by atoms with van der Waals surface area (Å²) in [6.07, 6.45) is 0. The first-order chi connectivity index (χ1) is 22.7. The fourth-order valence-electron chi connectivity index (χ4n) is 7.11. The maximum Gasteiger partial charge on any atom is 0.135 e. The van der Waals surface area contributed by atoms with Crippen molar-refractivity contribution in [1.29, 1.82) is 0 Å². The van der Waals surface area contributed by atoms with Crippen molar-refractivity contribution in [1.82, 2.24) is 4.57 Å². The van der Waals surface area contributed by atoms with Gasteiger partial charge in [-0.25, -0.2) is 0 Å². The van der Waals surface area contributed by atoms with Crippen molar-refractivity contribution in [3.63, 3.8) is 0 Å². The number of hydrogen-bond acceptors (Lipinski definition) is 2. The van der Waals surface area contributed by atoms with Gasteiger partial charge < -0.3 is 13.4 Å². The van der Waals surface area contributed by atoms with Crippen LogP contribution in [0.25, 0.3) is 93.6 Å². The molecule has 0 fully saturated rings. The van der Waals surface area contributed by atoms with Gasteiger partial charge in [0.15, 0.2) is 0 Å². The van der Waals surface area contributed by atoms with Gasteiger partial charge in [0.1, 0.15) is 22.3 Å². The molecule has 0 N–H and O–H groups in total. The lowest BCUT2D eigenvalue weighted by Crippen LogP contribution is -1.96. The number of aromatic nitrogens is 1. The molecule has 0 atom stereocenters. The summed E-state index contributed by atoms with van der Waals surface area (Å²) < 4.78 is 15.8. The second-order valence-corrected chi connectivity index (χ2v) is 12.8. The smallest absolute Gasteiger partial charge is 0.135 e. The number of hydrogen-bond donors (Lipinski definition) is 0. The fraction of sp³-hybridized carbons (Fsp3) is 0. The number of furan rings is 2. The molecule has 3 aromatic heterocycles. The molecule has 0 unspecified atom stereocenters. The predicted molar refractivity (Wildman–Crippen MR) is 194 cm³/mol. The lowest BCUT2D eigenvalue weighted by molar-refractivity contribution is 0.668. The van der Waals surface area contributed by atoms with Crippen LogP contribution in [-0.4, -0.2) is 4.57 Å². The van der Waals surface area contributed by atoms with Crippen molar-refractivity contribution in [2.45, 2.75) is 0 Å². The molecule has 10 aromatic rings. The van der Waals surface area contributed by atoms with E-state index in [1.165, 1.54) is 21.8 Å². The highest BCUT2D eigenvalue weighted by Gasteiger charge is 2.17. The number of rotatable bonds is 3. The second-order valence-electron chi connectivity index (χ2n) is 11.9. The summed E-state index contributed by atoms with van der Waals surface area (Å²) in [5.41, 5.74) is 11.6. The Labute approximate surface area is 272 Å². The van der Waals surface area contributed by atoms with Crippen LogP contribution in [0.3, 0.4) is 0 Å². The van der Waals surface area contributed by atoms with Gasteiger partial charge in [0.25, 0.3) is 0 Å². The lowest BCUT2D eigenvalue weighted by Gasteiger charge is -2.14. The summed E-state index contributed by atoms with van der Waals surface area (Å²) in [5, 5.41) is 6.93. The summed E-state index contributed by atoms with van der Waals surface area (Å²) in [4.78, 5) is 0. The third-order valence-corrected chi connectivity index (χ3v) is 9.72. The summed E-state index contributed by atoms with van der Waals surface area (Å²) in [6, 6.07) is 51.7. The van der Waals surface area contributed by atoms with Gasteiger partial charge in [-0.2, -0.15) is 0 Å². The SMILES string of the molecule is Brc1ccc2c(c1)c1ccccc1n2-c1cc(-c2ccc3oc4ccccc4c3c2)cc(-c2ccc3oc4ccccc4c3c2)c1. The Bertz CT molecular complexity index is 2700. The molecule has 46 heavy (non-hydrogen) atoms. The van der Waals surface area contributed by atoms with Gasteiger partial charge in [0.2, 0.25) is 0 Å². The molecule has 0 radical (unpaired) electrons. The molecule has 0 aliphatic carbocycles. The van der Waals surface area contributed by atoms with Crippen LogP contribution in [0.1, 0.15) is 0 Å². The molecule has 4 heteroatoms. The van der Waals surface area contributed by atoms with Crippen LogP contribution >= 0.6 is 15.9 Å². The van der Waals surface area contributed by atoms with E-state index in [2.05, 4.69) is 142 Å². The first-order valence-electron chi connectivity index (χ1n) is 15.4. The lowest BCUT2D eigenvalue weighted by atomic mass is 9.96. The summed E-state index contributed by atoms with van der Waals surface area (Å²) in [6.45, 7) is 0. The number of halogens is 1. The van der Waals surface area contributed by atoms with Crippen molar-refractivity contribution in [2.24, 2.45) is 0 Å². The summed E-state index contributed by atoms with van der Waals surface area (Å²) in [7, 11) is 0. The number of para-hydroxylation sites is 3. The van der Waals surface area contributed by atoms with Crippen molar-refractivity contribution in [3.8, 4) is 27.9 Å². The Kier molecular flexibility index (Phi) is 5.43. The number of nitrogens with zero attached hydrogens (tertiary/aromatic N) is 1. The van der Waals surface area contributed by atoms with Crippen molar-refractivity contribution in [3.05, 3.63) is 150 Å². The van der Waals surface area contributed by atoms with Crippen LogP contribution < -0.4 is 0 Å². The molecule has 216 valence electrons. The minimum Gasteiger partial charge on any atom is -0.456 e. The number of fused-ring (bicyclic) bond motifs is 9. The van der Waals surface area contributed by atoms with Crippen LogP contribution in [0.15, 0.2) is 159 Å². The van der Waals surface area contributed by atoms with E-state index in [9.17, 15) is 0 Å². The Morgan fingerprint density at radius 3 is 1.52 bits per heavy atom. The maximum absolute atomic E-state index is 6.18. The van der Waals surface area contributed by atoms with Gasteiger partial charge >= 0.3 is 0 Å². The minimum atomic E-state index is 0.895. The van der Waals surface area contributed by atoms with E-state index in [0.717, 1.165) is 76.3 Å². The highest BCUT2D eigenvalue weighted by atomic mass is 79.9. The van der Waals surface area contributed by atoms with Gasteiger partial charge in [-0.15, -0.1) is 0 Å². The van der Waals surface area contributed by atoms with Crippen LogP contribution in [0, 0.1) is 0 Å². The quantitative estimate of drug-likeness (QED) is 0.190. The van der Waals surface area contributed by atoms with E-state index in [-0.39, 0.29) is 0 Å². The fourth-order valence-corrected chi connectivity index (χ4v) is 7.47. The Hall–Kier alpha value is -5.58. The zero-order chi connectivity index (χ0) is 30.4. The van der Waals surface area contributed by atoms with Gasteiger partial charge in [-0.3, -0.25) is 0 Å². The van der Waals surface area contributed by atoms with Gasteiger partial charge in [0, 0.05) is 42.5 Å². The molecule has 3 nitrogen and oxygen atoms in total. The van der Waals surface area contributed by atoms with E-state index in [4.69, 9.17) is 8.83 Å². The molecule has 0 saturated heterocycles. The normalized spacial score (nSPS) is 12.0. The Morgan fingerprint density at radius 1 is 0.370 bits per heavy atom. The Balaban J connectivity index is 1.26. The van der Waals surface area contributed by atoms with E-state index >= 15 is 0 Å². The average molecular weight is 655 g/mol. The summed E-state index contributed by atoms with van der Waals surface area (Å²) in [5.74, 6) is 0. The van der Waals surface area contributed by atoms with Crippen molar-refractivity contribution >= 4 is 81.6 Å². The summed E-state index contributed by atoms with van der Waals surface area (Å²) >= 11 is 3.71. The van der Waals surface area contributed by atoms with Gasteiger partial charge in [-0.05, 0) is 101 Å². The average Bonchev–Trinajstić information content (AvgIpc) is 3.77. The highest BCUT2D eigenvalue weighted by molar-refractivity contribution is 9.10. The van der Waals surface area contributed by atoms with E-state index in [0.29, 0.717) is 0 Å².